The van der Waals surface area contributed by atoms with Crippen molar-refractivity contribution in [2.45, 2.75) is 19.5 Å². The number of carbonyl (C=O) groups excluding carboxylic acids is 1. The Hall–Kier alpha value is -0.740. The lowest BCUT2D eigenvalue weighted by Gasteiger charge is -2.13. The normalized spacial score (nSPS) is 11.6. The number of halogens is 4. The van der Waals surface area contributed by atoms with Gasteiger partial charge in [-0.1, -0.05) is 0 Å². The summed E-state index contributed by atoms with van der Waals surface area (Å²) in [6.07, 6.45) is -5.15. The van der Waals surface area contributed by atoms with E-state index >= 15 is 0 Å². The topological polar surface area (TPSA) is 56.7 Å². The van der Waals surface area contributed by atoms with Crippen molar-refractivity contribution < 1.29 is 18.0 Å². The highest BCUT2D eigenvalue weighted by atomic mass is 127. The van der Waals surface area contributed by atoms with Gasteiger partial charge in [0.1, 0.15) is 6.54 Å². The lowest BCUT2D eigenvalue weighted by Crippen LogP contribution is -2.39. The Kier molecular flexibility index (Phi) is 10.9. The molecule has 0 aliphatic rings. The second-order valence-corrected chi connectivity index (χ2v) is 3.78. The fraction of sp³-hybridized carbons (Fsp3) is 0.800. The number of hydrogen-bond acceptors (Lipinski definition) is 2. The Morgan fingerprint density at radius 2 is 1.84 bits per heavy atom. The zero-order chi connectivity index (χ0) is 14.2. The molecule has 0 atom stereocenters. The van der Waals surface area contributed by atoms with Gasteiger partial charge < -0.3 is 15.5 Å². The van der Waals surface area contributed by atoms with Gasteiger partial charge in [-0.05, 0) is 6.92 Å². The Morgan fingerprint density at radius 1 is 1.26 bits per heavy atom. The Morgan fingerprint density at radius 3 is 2.26 bits per heavy atom. The summed E-state index contributed by atoms with van der Waals surface area (Å²) in [5.41, 5.74) is 0. The molecule has 0 aromatic rings. The molecule has 0 fully saturated rings. The molecule has 0 spiro atoms. The van der Waals surface area contributed by atoms with Crippen LogP contribution in [0.5, 0.6) is 0 Å². The molecule has 0 radical (unpaired) electrons. The number of rotatable bonds is 5. The molecule has 1 amide bonds. The number of amides is 1. The fourth-order valence-electron chi connectivity index (χ4n) is 0.952. The molecular formula is C10H20F3IN4O. The summed E-state index contributed by atoms with van der Waals surface area (Å²) in [6, 6.07) is 0. The minimum absolute atomic E-state index is 0. The zero-order valence-electron chi connectivity index (χ0n) is 11.2. The third-order valence-corrected chi connectivity index (χ3v) is 1.92. The van der Waals surface area contributed by atoms with Crippen molar-refractivity contribution in [3.05, 3.63) is 0 Å². The van der Waals surface area contributed by atoms with Gasteiger partial charge in [0.05, 0.1) is 6.42 Å². The van der Waals surface area contributed by atoms with Crippen molar-refractivity contribution in [3.8, 4) is 0 Å². The van der Waals surface area contributed by atoms with E-state index < -0.39 is 12.6 Å². The predicted octanol–water partition coefficient (Wildman–Crippen LogP) is 1.20. The standard InChI is InChI=1S/C10H19F3N4O.HI/c1-4-14-9(15-6-5-10(11,12)13)16-7-8(18)17(2)3;/h4-7H2,1-3H3,(H2,14,15,16);1H. The SMILES string of the molecule is CCNC(=NCC(=O)N(C)C)NCCC(F)(F)F.I. The van der Waals surface area contributed by atoms with E-state index in [0.29, 0.717) is 6.54 Å². The molecule has 0 aliphatic heterocycles. The number of nitrogens with one attached hydrogen (secondary N) is 2. The lowest BCUT2D eigenvalue weighted by molar-refractivity contribution is -0.133. The number of alkyl halides is 3. The van der Waals surface area contributed by atoms with Crippen LogP contribution in [0.15, 0.2) is 4.99 Å². The van der Waals surface area contributed by atoms with Crippen LogP contribution in [0, 0.1) is 0 Å². The van der Waals surface area contributed by atoms with Gasteiger partial charge in [0.25, 0.3) is 0 Å². The first-order chi connectivity index (χ1) is 8.26. The third-order valence-electron chi connectivity index (χ3n) is 1.92. The molecule has 0 unspecified atom stereocenters. The molecule has 2 N–H and O–H groups in total. The van der Waals surface area contributed by atoms with E-state index in [4.69, 9.17) is 0 Å². The number of nitrogens with zero attached hydrogens (tertiary/aromatic N) is 2. The molecule has 0 saturated carbocycles. The molecule has 5 nitrogen and oxygen atoms in total. The van der Waals surface area contributed by atoms with Gasteiger partial charge in [0.15, 0.2) is 5.96 Å². The summed E-state index contributed by atoms with van der Waals surface area (Å²) in [7, 11) is 3.17. The number of hydrogen-bond donors (Lipinski definition) is 2. The molecule has 114 valence electrons. The van der Waals surface area contributed by atoms with Gasteiger partial charge in [-0.15, -0.1) is 24.0 Å². The van der Waals surface area contributed by atoms with Crippen molar-refractivity contribution in [2.75, 3.05) is 33.7 Å². The minimum atomic E-state index is -4.20. The third kappa shape index (κ3) is 12.1. The molecule has 0 saturated heterocycles. The summed E-state index contributed by atoms with van der Waals surface area (Å²) in [6.45, 7) is 1.92. The van der Waals surface area contributed by atoms with Crippen molar-refractivity contribution in [2.24, 2.45) is 4.99 Å². The van der Waals surface area contributed by atoms with Crippen LogP contribution in [0.2, 0.25) is 0 Å². The predicted molar refractivity (Wildman–Crippen MR) is 78.8 cm³/mol. The van der Waals surface area contributed by atoms with Gasteiger partial charge in [-0.25, -0.2) is 4.99 Å². The van der Waals surface area contributed by atoms with E-state index in [0.717, 1.165) is 0 Å². The van der Waals surface area contributed by atoms with E-state index in [1.54, 1.807) is 21.0 Å². The van der Waals surface area contributed by atoms with E-state index in [1.807, 2.05) is 0 Å². The largest absolute Gasteiger partial charge is 0.390 e. The number of guanidine groups is 1. The van der Waals surface area contributed by atoms with E-state index in [1.165, 1.54) is 4.90 Å². The van der Waals surface area contributed by atoms with Gasteiger partial charge in [-0.3, -0.25) is 4.79 Å². The first-order valence-electron chi connectivity index (χ1n) is 5.55. The smallest absolute Gasteiger partial charge is 0.357 e. The van der Waals surface area contributed by atoms with E-state index in [2.05, 4.69) is 15.6 Å². The molecule has 0 bridgehead atoms. The summed E-state index contributed by atoms with van der Waals surface area (Å²) in [5.74, 6) is -0.0139. The monoisotopic (exact) mass is 396 g/mol. The average Bonchev–Trinajstić information content (AvgIpc) is 2.23. The molecule has 0 aliphatic carbocycles. The Labute approximate surface area is 128 Å². The van der Waals surface area contributed by atoms with Crippen molar-refractivity contribution in [3.63, 3.8) is 0 Å². The van der Waals surface area contributed by atoms with Crippen LogP contribution in [-0.4, -0.2) is 56.7 Å². The Balaban J connectivity index is 0. The second-order valence-electron chi connectivity index (χ2n) is 3.78. The molecule has 0 aromatic carbocycles. The van der Waals surface area contributed by atoms with Gasteiger partial charge in [0.2, 0.25) is 5.91 Å². The van der Waals surface area contributed by atoms with Crippen LogP contribution in [0.1, 0.15) is 13.3 Å². The first kappa shape index (κ1) is 20.6. The maximum Gasteiger partial charge on any atom is 0.390 e. The maximum atomic E-state index is 12.0. The highest BCUT2D eigenvalue weighted by Crippen LogP contribution is 2.17. The average molecular weight is 396 g/mol. The molecule has 0 rings (SSSR count). The van der Waals surface area contributed by atoms with E-state index in [9.17, 15) is 18.0 Å². The lowest BCUT2D eigenvalue weighted by atomic mass is 10.4. The summed E-state index contributed by atoms with van der Waals surface area (Å²) >= 11 is 0. The minimum Gasteiger partial charge on any atom is -0.357 e. The summed E-state index contributed by atoms with van der Waals surface area (Å²) in [5, 5.41) is 5.28. The fourth-order valence-corrected chi connectivity index (χ4v) is 0.952. The molecule has 0 heterocycles. The van der Waals surface area contributed by atoms with Gasteiger partial charge in [-0.2, -0.15) is 13.2 Å². The highest BCUT2D eigenvalue weighted by Gasteiger charge is 2.26. The number of aliphatic imine (C=N–C) groups is 1. The van der Waals surface area contributed by atoms with Crippen molar-refractivity contribution in [1.29, 1.82) is 0 Å². The first-order valence-corrected chi connectivity index (χ1v) is 5.55. The number of likely N-dealkylation sites (N-methyl/N-ethyl adjacent to an activating group) is 1. The van der Waals surface area contributed by atoms with Gasteiger partial charge in [0, 0.05) is 27.2 Å². The van der Waals surface area contributed by atoms with Crippen LogP contribution in [0.4, 0.5) is 13.2 Å². The van der Waals surface area contributed by atoms with Crippen LogP contribution >= 0.6 is 24.0 Å². The zero-order valence-corrected chi connectivity index (χ0v) is 13.5. The Bertz CT molecular complexity index is 295. The maximum absolute atomic E-state index is 12.0. The molecule has 19 heavy (non-hydrogen) atoms. The van der Waals surface area contributed by atoms with Crippen LogP contribution in [-0.2, 0) is 4.79 Å². The van der Waals surface area contributed by atoms with Crippen LogP contribution in [0.25, 0.3) is 0 Å². The van der Waals surface area contributed by atoms with E-state index in [-0.39, 0.29) is 48.9 Å². The molecule has 9 heteroatoms. The highest BCUT2D eigenvalue weighted by molar-refractivity contribution is 14.0. The van der Waals surface area contributed by atoms with Crippen molar-refractivity contribution >= 4 is 35.8 Å². The molecule has 0 aromatic heterocycles. The van der Waals surface area contributed by atoms with Crippen molar-refractivity contribution in [1.82, 2.24) is 15.5 Å². The summed E-state index contributed by atoms with van der Waals surface area (Å²) in [4.78, 5) is 16.5. The quantitative estimate of drug-likeness (QED) is 0.417. The second kappa shape index (κ2) is 10.1. The van der Waals surface area contributed by atoms with Crippen LogP contribution < -0.4 is 10.6 Å². The molecular weight excluding hydrogens is 376 g/mol. The van der Waals surface area contributed by atoms with Gasteiger partial charge >= 0.3 is 6.18 Å². The summed E-state index contributed by atoms with van der Waals surface area (Å²) < 4.78 is 35.9. The number of carbonyl (C=O) groups is 1. The van der Waals surface area contributed by atoms with Crippen LogP contribution in [0.3, 0.4) is 0 Å².